The van der Waals surface area contributed by atoms with Crippen molar-refractivity contribution in [3.8, 4) is 0 Å². The summed E-state index contributed by atoms with van der Waals surface area (Å²) in [6.07, 6.45) is 1.05. The highest BCUT2D eigenvalue weighted by atomic mass is 127. The first-order valence-corrected chi connectivity index (χ1v) is 7.83. The van der Waals surface area contributed by atoms with Gasteiger partial charge in [0.05, 0.1) is 24.8 Å². The van der Waals surface area contributed by atoms with E-state index in [0.717, 1.165) is 19.4 Å². The molecule has 108 valence electrons. The minimum absolute atomic E-state index is 0.00913. The van der Waals surface area contributed by atoms with Crippen molar-refractivity contribution in [3.05, 3.63) is 0 Å². The van der Waals surface area contributed by atoms with Crippen LogP contribution in [0.4, 0.5) is 0 Å². The zero-order valence-corrected chi connectivity index (χ0v) is 12.6. The van der Waals surface area contributed by atoms with Crippen molar-refractivity contribution in [1.29, 1.82) is 0 Å². The van der Waals surface area contributed by atoms with Crippen LogP contribution in [0.25, 0.3) is 0 Å². The predicted molar refractivity (Wildman–Crippen MR) is 76.0 cm³/mol. The summed E-state index contributed by atoms with van der Waals surface area (Å²) in [6, 6.07) is 0. The third-order valence-electron chi connectivity index (χ3n) is 4.08. The molecule has 3 aliphatic rings. The molecule has 0 aromatic rings. The minimum Gasteiger partial charge on any atom is -0.394 e. The van der Waals surface area contributed by atoms with Gasteiger partial charge in [-0.3, -0.25) is 20.7 Å². The fourth-order valence-corrected chi connectivity index (χ4v) is 4.35. The van der Waals surface area contributed by atoms with E-state index < -0.39 is 6.29 Å². The molecule has 3 heterocycles. The van der Waals surface area contributed by atoms with Crippen LogP contribution in [0.1, 0.15) is 12.8 Å². The van der Waals surface area contributed by atoms with Gasteiger partial charge >= 0.3 is 0 Å². The summed E-state index contributed by atoms with van der Waals surface area (Å²) in [4.78, 5) is 14.2. The Hall–Kier alpha value is -0.0000000000000000971. The Morgan fingerprint density at radius 1 is 1.53 bits per heavy atom. The average molecular weight is 382 g/mol. The molecule has 8 heteroatoms. The molecule has 7 nitrogen and oxygen atoms in total. The van der Waals surface area contributed by atoms with Crippen molar-refractivity contribution in [1.82, 2.24) is 15.5 Å². The zero-order valence-electron chi connectivity index (χ0n) is 10.5. The number of nitrogens with zero attached hydrogens (tertiary/aromatic N) is 1. The van der Waals surface area contributed by atoms with Gasteiger partial charge in [0.15, 0.2) is 0 Å². The second-order valence-electron chi connectivity index (χ2n) is 5.31. The molecule has 19 heavy (non-hydrogen) atoms. The highest BCUT2D eigenvalue weighted by molar-refractivity contribution is 14.1. The van der Waals surface area contributed by atoms with Crippen LogP contribution in [0.3, 0.4) is 0 Å². The van der Waals surface area contributed by atoms with Gasteiger partial charge in [0.2, 0.25) is 5.91 Å². The normalized spacial score (nSPS) is 47.2. The summed E-state index contributed by atoms with van der Waals surface area (Å²) in [5.74, 6) is -0.0907. The molecule has 3 saturated heterocycles. The molecule has 3 aliphatic heterocycles. The number of carbonyl (C=O) groups is 1. The standard InChI is InChI=1S/C11H19IN4O3/c12-6-3-16(7-2-1-5(4-17)19-7)9-8(6)10(18)15-11(13)14-9/h5-9,11,14,17H,1-4,13H2,(H,15,18)/t5-,6?,7+,8?,9?,11?/m0/s1. The number of alkyl halides is 1. The molecule has 5 N–H and O–H groups in total. The van der Waals surface area contributed by atoms with E-state index in [9.17, 15) is 4.79 Å². The third-order valence-corrected chi connectivity index (χ3v) is 5.25. The summed E-state index contributed by atoms with van der Waals surface area (Å²) in [7, 11) is 0. The molecule has 4 unspecified atom stereocenters. The van der Waals surface area contributed by atoms with Gasteiger partial charge in [-0.15, -0.1) is 0 Å². The highest BCUT2D eigenvalue weighted by Gasteiger charge is 2.51. The van der Waals surface area contributed by atoms with Gasteiger partial charge < -0.3 is 15.2 Å². The van der Waals surface area contributed by atoms with Crippen LogP contribution in [-0.4, -0.2) is 57.8 Å². The fraction of sp³-hybridized carbons (Fsp3) is 0.909. The van der Waals surface area contributed by atoms with Crippen molar-refractivity contribution >= 4 is 28.5 Å². The summed E-state index contributed by atoms with van der Waals surface area (Å²) in [5, 5.41) is 15.1. The number of rotatable bonds is 2. The van der Waals surface area contributed by atoms with Crippen molar-refractivity contribution in [2.24, 2.45) is 11.7 Å². The molecule has 0 bridgehead atoms. The van der Waals surface area contributed by atoms with E-state index in [0.29, 0.717) is 0 Å². The van der Waals surface area contributed by atoms with Crippen LogP contribution in [-0.2, 0) is 9.53 Å². The number of likely N-dealkylation sites (tertiary alicyclic amines) is 1. The number of aliphatic hydroxyl groups excluding tert-OH is 1. The number of hydrogen-bond acceptors (Lipinski definition) is 6. The van der Waals surface area contributed by atoms with Crippen LogP contribution >= 0.6 is 22.6 Å². The number of carbonyl (C=O) groups excluding carboxylic acids is 1. The minimum atomic E-state index is -0.506. The lowest BCUT2D eigenvalue weighted by molar-refractivity contribution is -0.133. The van der Waals surface area contributed by atoms with Crippen LogP contribution in [0.5, 0.6) is 0 Å². The number of ether oxygens (including phenoxy) is 1. The topological polar surface area (TPSA) is 99.9 Å². The smallest absolute Gasteiger partial charge is 0.229 e. The number of fused-ring (bicyclic) bond motifs is 1. The SMILES string of the molecule is NC1NC(=O)C2C(I)CN([C@H]3CC[C@@H](CO)O3)C2N1. The van der Waals surface area contributed by atoms with Gasteiger partial charge in [-0.05, 0) is 12.8 Å². The average Bonchev–Trinajstić information content (AvgIpc) is 2.93. The number of hydrogen-bond donors (Lipinski definition) is 4. The number of aliphatic hydroxyl groups is 1. The van der Waals surface area contributed by atoms with Gasteiger partial charge in [-0.25, -0.2) is 0 Å². The summed E-state index contributed by atoms with van der Waals surface area (Å²) < 4.78 is 6.06. The first-order valence-electron chi connectivity index (χ1n) is 6.58. The maximum Gasteiger partial charge on any atom is 0.229 e. The maximum atomic E-state index is 12.0. The van der Waals surface area contributed by atoms with Crippen LogP contribution < -0.4 is 16.4 Å². The molecule has 3 rings (SSSR count). The van der Waals surface area contributed by atoms with Crippen molar-refractivity contribution < 1.29 is 14.6 Å². The molecule has 0 radical (unpaired) electrons. The largest absolute Gasteiger partial charge is 0.394 e. The van der Waals surface area contributed by atoms with E-state index in [1.54, 1.807) is 0 Å². The van der Waals surface area contributed by atoms with Crippen LogP contribution in [0.2, 0.25) is 0 Å². The molecule has 3 fully saturated rings. The van der Waals surface area contributed by atoms with E-state index >= 15 is 0 Å². The number of nitrogens with two attached hydrogens (primary N) is 1. The van der Waals surface area contributed by atoms with E-state index in [4.69, 9.17) is 15.6 Å². The zero-order chi connectivity index (χ0) is 13.6. The fourth-order valence-electron chi connectivity index (χ4n) is 3.18. The first kappa shape index (κ1) is 14.0. The van der Waals surface area contributed by atoms with Crippen LogP contribution in [0.15, 0.2) is 0 Å². The van der Waals surface area contributed by atoms with Crippen molar-refractivity contribution in [2.45, 2.75) is 41.6 Å². The van der Waals surface area contributed by atoms with E-state index in [1.165, 1.54) is 0 Å². The van der Waals surface area contributed by atoms with E-state index in [1.807, 2.05) is 0 Å². The Morgan fingerprint density at radius 3 is 3.00 bits per heavy atom. The van der Waals surface area contributed by atoms with Crippen molar-refractivity contribution in [2.75, 3.05) is 13.2 Å². The monoisotopic (exact) mass is 382 g/mol. The molecule has 0 aromatic carbocycles. The van der Waals surface area contributed by atoms with Gasteiger partial charge in [0, 0.05) is 10.5 Å². The Morgan fingerprint density at radius 2 is 2.32 bits per heavy atom. The molecule has 0 aliphatic carbocycles. The lowest BCUT2D eigenvalue weighted by Crippen LogP contribution is -2.68. The molecule has 0 saturated carbocycles. The third kappa shape index (κ3) is 2.49. The second kappa shape index (κ2) is 5.41. The quantitative estimate of drug-likeness (QED) is 0.343. The Bertz CT molecular complexity index is 372. The summed E-state index contributed by atoms with van der Waals surface area (Å²) >= 11 is 2.32. The summed E-state index contributed by atoms with van der Waals surface area (Å²) in [5.41, 5.74) is 5.79. The Balaban J connectivity index is 1.74. The van der Waals surface area contributed by atoms with Gasteiger partial charge in [-0.1, -0.05) is 22.6 Å². The van der Waals surface area contributed by atoms with Gasteiger partial charge in [0.25, 0.3) is 0 Å². The highest BCUT2D eigenvalue weighted by Crippen LogP contribution is 2.35. The van der Waals surface area contributed by atoms with E-state index in [2.05, 4.69) is 38.1 Å². The lowest BCUT2D eigenvalue weighted by Gasteiger charge is -2.38. The second-order valence-corrected chi connectivity index (χ2v) is 6.91. The lowest BCUT2D eigenvalue weighted by atomic mass is 10.0. The molecular weight excluding hydrogens is 363 g/mol. The Kier molecular flexibility index (Phi) is 3.98. The number of amides is 1. The van der Waals surface area contributed by atoms with Crippen LogP contribution in [0, 0.1) is 5.92 Å². The van der Waals surface area contributed by atoms with Gasteiger partial charge in [0.1, 0.15) is 12.5 Å². The van der Waals surface area contributed by atoms with E-state index in [-0.39, 0.29) is 40.9 Å². The molecule has 6 atom stereocenters. The molecular formula is C11H19IN4O3. The first-order chi connectivity index (χ1) is 9.10. The Labute approximate surface area is 125 Å². The molecule has 1 amide bonds. The molecule has 0 spiro atoms. The summed E-state index contributed by atoms with van der Waals surface area (Å²) in [6.45, 7) is 0.853. The number of nitrogens with one attached hydrogen (secondary N) is 2. The molecule has 0 aromatic heterocycles. The number of halogens is 1. The van der Waals surface area contributed by atoms with Gasteiger partial charge in [-0.2, -0.15) is 0 Å². The predicted octanol–water partition coefficient (Wildman–Crippen LogP) is -1.49. The van der Waals surface area contributed by atoms with Crippen molar-refractivity contribution in [3.63, 3.8) is 0 Å². The maximum absolute atomic E-state index is 12.0.